The molecule has 18 heavy (non-hydrogen) atoms. The maximum Gasteiger partial charge on any atom is 0.152 e. The summed E-state index contributed by atoms with van der Waals surface area (Å²) in [4.78, 5) is 13.5. The molecule has 1 rings (SSSR count). The number of nitrogens with zero attached hydrogens (tertiary/aromatic N) is 1. The summed E-state index contributed by atoms with van der Waals surface area (Å²) in [5.41, 5.74) is 1.80. The Kier molecular flexibility index (Phi) is 6.41. The summed E-state index contributed by atoms with van der Waals surface area (Å²) < 4.78 is 1.02. The van der Waals surface area contributed by atoms with Crippen LogP contribution in [-0.2, 0) is 0 Å². The minimum absolute atomic E-state index is 0.398. The molecule has 0 aliphatic carbocycles. The largest absolute Gasteiger partial charge is 0.368 e. The minimum atomic E-state index is 0.398. The summed E-state index contributed by atoms with van der Waals surface area (Å²) in [7, 11) is 0. The van der Waals surface area contributed by atoms with Crippen LogP contribution in [0, 0.1) is 0 Å². The van der Waals surface area contributed by atoms with Crippen molar-refractivity contribution in [3.63, 3.8) is 0 Å². The highest BCUT2D eigenvalue weighted by atomic mass is 79.9. The van der Waals surface area contributed by atoms with Gasteiger partial charge < -0.3 is 4.90 Å². The third-order valence-corrected chi connectivity index (χ3v) is 3.55. The number of aldehydes is 1. The van der Waals surface area contributed by atoms with Crippen LogP contribution in [0.5, 0.6) is 0 Å². The lowest BCUT2D eigenvalue weighted by molar-refractivity contribution is 0.112. The van der Waals surface area contributed by atoms with Gasteiger partial charge in [-0.25, -0.2) is 0 Å². The summed E-state index contributed by atoms with van der Waals surface area (Å²) in [6.45, 7) is 7.54. The lowest BCUT2D eigenvalue weighted by Gasteiger charge is -2.30. The van der Waals surface area contributed by atoms with Gasteiger partial charge in [0.05, 0.1) is 0 Å². The molecule has 0 heterocycles. The maximum atomic E-state index is 11.2. The highest BCUT2D eigenvalue weighted by Gasteiger charge is 2.14. The van der Waals surface area contributed by atoms with Crippen molar-refractivity contribution in [1.29, 1.82) is 0 Å². The second-order valence-corrected chi connectivity index (χ2v) is 5.73. The lowest BCUT2D eigenvalue weighted by atomic mass is 10.1. The topological polar surface area (TPSA) is 20.3 Å². The number of unbranched alkanes of at least 4 members (excludes halogenated alkanes) is 2. The van der Waals surface area contributed by atoms with Gasteiger partial charge in [0.1, 0.15) is 0 Å². The van der Waals surface area contributed by atoms with E-state index in [1.807, 2.05) is 18.2 Å². The molecule has 1 aromatic carbocycles. The molecule has 0 aliphatic heterocycles. The lowest BCUT2D eigenvalue weighted by Crippen LogP contribution is -2.32. The van der Waals surface area contributed by atoms with Gasteiger partial charge in [-0.1, -0.05) is 35.7 Å². The van der Waals surface area contributed by atoms with Gasteiger partial charge in [0, 0.05) is 28.3 Å². The average Bonchev–Trinajstić information content (AvgIpc) is 2.34. The van der Waals surface area contributed by atoms with Crippen LogP contribution in [0.2, 0.25) is 0 Å². The van der Waals surface area contributed by atoms with Gasteiger partial charge in [-0.15, -0.1) is 0 Å². The van der Waals surface area contributed by atoms with Crippen LogP contribution in [0.15, 0.2) is 22.7 Å². The molecule has 0 fully saturated rings. The number of halogens is 1. The Morgan fingerprint density at radius 1 is 1.33 bits per heavy atom. The van der Waals surface area contributed by atoms with Crippen molar-refractivity contribution in [2.24, 2.45) is 0 Å². The fourth-order valence-electron chi connectivity index (χ4n) is 2.05. The first-order valence-corrected chi connectivity index (χ1v) is 7.40. The van der Waals surface area contributed by atoms with E-state index >= 15 is 0 Å². The van der Waals surface area contributed by atoms with Crippen LogP contribution in [-0.4, -0.2) is 18.9 Å². The average molecular weight is 312 g/mol. The molecule has 0 bridgehead atoms. The van der Waals surface area contributed by atoms with Gasteiger partial charge in [-0.05, 0) is 38.5 Å². The van der Waals surface area contributed by atoms with E-state index in [4.69, 9.17) is 0 Å². The molecule has 0 saturated carbocycles. The number of carbonyl (C=O) groups excluding carboxylic acids is 1. The number of hydrogen-bond acceptors (Lipinski definition) is 2. The predicted molar refractivity (Wildman–Crippen MR) is 81.5 cm³/mol. The van der Waals surface area contributed by atoms with Crippen LogP contribution in [0.1, 0.15) is 50.4 Å². The van der Waals surface area contributed by atoms with Gasteiger partial charge in [0.15, 0.2) is 6.29 Å². The quantitative estimate of drug-likeness (QED) is 0.539. The Bertz CT molecular complexity index is 390. The van der Waals surface area contributed by atoms with Crippen molar-refractivity contribution < 1.29 is 4.79 Å². The van der Waals surface area contributed by atoms with Gasteiger partial charge in [0.2, 0.25) is 0 Å². The highest BCUT2D eigenvalue weighted by molar-refractivity contribution is 9.10. The first-order chi connectivity index (χ1) is 8.60. The van der Waals surface area contributed by atoms with Crippen molar-refractivity contribution in [1.82, 2.24) is 0 Å². The molecular weight excluding hydrogens is 290 g/mol. The van der Waals surface area contributed by atoms with E-state index in [0.29, 0.717) is 6.04 Å². The molecule has 2 nitrogen and oxygen atoms in total. The zero-order chi connectivity index (χ0) is 13.5. The molecule has 3 heteroatoms. The number of rotatable bonds is 7. The standard InChI is InChI=1S/C15H22BrNO/c1-4-5-6-9-17(12(2)3)15-10-14(16)8-7-13(15)11-18/h7-8,10-12H,4-6,9H2,1-3H3. The number of hydrogen-bond donors (Lipinski definition) is 0. The Balaban J connectivity index is 2.96. The van der Waals surface area contributed by atoms with Gasteiger partial charge in [-0.2, -0.15) is 0 Å². The van der Waals surface area contributed by atoms with E-state index in [-0.39, 0.29) is 0 Å². The Hall–Kier alpha value is -0.830. The summed E-state index contributed by atoms with van der Waals surface area (Å²) >= 11 is 3.48. The predicted octanol–water partition coefficient (Wildman–Crippen LogP) is 4.67. The Morgan fingerprint density at radius 2 is 2.06 bits per heavy atom. The summed E-state index contributed by atoms with van der Waals surface area (Å²) in [5.74, 6) is 0. The molecular formula is C15H22BrNO. The second kappa shape index (κ2) is 7.57. The van der Waals surface area contributed by atoms with Crippen molar-refractivity contribution in [2.45, 2.75) is 46.1 Å². The fourth-order valence-corrected chi connectivity index (χ4v) is 2.40. The highest BCUT2D eigenvalue weighted by Crippen LogP contribution is 2.26. The monoisotopic (exact) mass is 311 g/mol. The molecule has 100 valence electrons. The third kappa shape index (κ3) is 4.13. The molecule has 0 aromatic heterocycles. The molecule has 0 aliphatic rings. The normalized spacial score (nSPS) is 10.7. The van der Waals surface area contributed by atoms with Crippen molar-refractivity contribution in [2.75, 3.05) is 11.4 Å². The zero-order valence-corrected chi connectivity index (χ0v) is 13.0. The first-order valence-electron chi connectivity index (χ1n) is 6.61. The van der Waals surface area contributed by atoms with E-state index in [1.165, 1.54) is 19.3 Å². The smallest absolute Gasteiger partial charge is 0.152 e. The fraction of sp³-hybridized carbons (Fsp3) is 0.533. The summed E-state index contributed by atoms with van der Waals surface area (Å²) in [6, 6.07) is 6.23. The van der Waals surface area contributed by atoms with Crippen LogP contribution in [0.4, 0.5) is 5.69 Å². The Morgan fingerprint density at radius 3 is 2.61 bits per heavy atom. The number of carbonyl (C=O) groups is 1. The molecule has 0 amide bonds. The molecule has 0 radical (unpaired) electrons. The van der Waals surface area contributed by atoms with E-state index < -0.39 is 0 Å². The van der Waals surface area contributed by atoms with E-state index in [9.17, 15) is 4.79 Å². The molecule has 1 aromatic rings. The SMILES string of the molecule is CCCCCN(c1cc(Br)ccc1C=O)C(C)C. The van der Waals surface area contributed by atoms with Crippen molar-refractivity contribution in [3.05, 3.63) is 28.2 Å². The van der Waals surface area contributed by atoms with Gasteiger partial charge in [-0.3, -0.25) is 4.79 Å². The summed E-state index contributed by atoms with van der Waals surface area (Å²) in [5, 5.41) is 0. The second-order valence-electron chi connectivity index (χ2n) is 4.82. The molecule has 0 atom stereocenters. The van der Waals surface area contributed by atoms with Crippen LogP contribution in [0.3, 0.4) is 0 Å². The third-order valence-electron chi connectivity index (χ3n) is 3.05. The van der Waals surface area contributed by atoms with E-state index in [0.717, 1.165) is 28.6 Å². The van der Waals surface area contributed by atoms with Crippen molar-refractivity contribution in [3.8, 4) is 0 Å². The van der Waals surface area contributed by atoms with Crippen LogP contribution < -0.4 is 4.90 Å². The van der Waals surface area contributed by atoms with E-state index in [2.05, 4.69) is 41.6 Å². The zero-order valence-electron chi connectivity index (χ0n) is 11.4. The number of anilines is 1. The van der Waals surface area contributed by atoms with Gasteiger partial charge in [0.25, 0.3) is 0 Å². The molecule has 0 N–H and O–H groups in total. The van der Waals surface area contributed by atoms with E-state index in [1.54, 1.807) is 0 Å². The molecule has 0 saturated heterocycles. The first kappa shape index (κ1) is 15.2. The van der Waals surface area contributed by atoms with Crippen LogP contribution in [0.25, 0.3) is 0 Å². The molecule has 0 spiro atoms. The van der Waals surface area contributed by atoms with Gasteiger partial charge >= 0.3 is 0 Å². The maximum absolute atomic E-state index is 11.2. The number of benzene rings is 1. The van der Waals surface area contributed by atoms with Crippen molar-refractivity contribution >= 4 is 27.9 Å². The summed E-state index contributed by atoms with van der Waals surface area (Å²) in [6.07, 6.45) is 4.55. The minimum Gasteiger partial charge on any atom is -0.368 e. The Labute approximate surface area is 119 Å². The molecule has 0 unspecified atom stereocenters. The van der Waals surface area contributed by atoms with Crippen LogP contribution >= 0.6 is 15.9 Å².